The van der Waals surface area contributed by atoms with Crippen molar-refractivity contribution in [1.82, 2.24) is 10.2 Å². The number of rotatable bonds is 3. The highest BCUT2D eigenvalue weighted by molar-refractivity contribution is 7.18. The molecule has 0 atom stereocenters. The quantitative estimate of drug-likeness (QED) is 0.943. The summed E-state index contributed by atoms with van der Waals surface area (Å²) in [4.78, 5) is 11.9. The minimum absolute atomic E-state index is 0.0741. The molecule has 1 amide bonds. The van der Waals surface area contributed by atoms with E-state index in [1.807, 2.05) is 45.0 Å². The number of nitrogens with zero attached hydrogens (tertiary/aromatic N) is 2. The van der Waals surface area contributed by atoms with Gasteiger partial charge in [-0.05, 0) is 24.3 Å². The highest BCUT2D eigenvalue weighted by Gasteiger charge is 2.22. The molecule has 2 aromatic rings. The van der Waals surface area contributed by atoms with Gasteiger partial charge in [0.05, 0.1) is 7.11 Å². The fraction of sp³-hybridized carbons (Fsp3) is 0.357. The van der Waals surface area contributed by atoms with E-state index in [-0.39, 0.29) is 5.91 Å². The molecule has 1 N–H and O–H groups in total. The van der Waals surface area contributed by atoms with Crippen molar-refractivity contribution in [2.75, 3.05) is 12.4 Å². The molecule has 106 valence electrons. The summed E-state index contributed by atoms with van der Waals surface area (Å²) >= 11 is 1.35. The van der Waals surface area contributed by atoms with E-state index in [4.69, 9.17) is 4.74 Å². The van der Waals surface area contributed by atoms with Crippen molar-refractivity contribution in [3.63, 3.8) is 0 Å². The van der Waals surface area contributed by atoms with E-state index >= 15 is 0 Å². The molecule has 0 aliphatic heterocycles. The fourth-order valence-electron chi connectivity index (χ4n) is 1.41. The number of hydrogen-bond donors (Lipinski definition) is 1. The van der Waals surface area contributed by atoms with Crippen molar-refractivity contribution >= 4 is 22.4 Å². The number of hydrogen-bond acceptors (Lipinski definition) is 5. The van der Waals surface area contributed by atoms with Gasteiger partial charge in [-0.25, -0.2) is 0 Å². The Morgan fingerprint density at radius 3 is 2.40 bits per heavy atom. The first-order valence-corrected chi connectivity index (χ1v) is 7.01. The summed E-state index contributed by atoms with van der Waals surface area (Å²) in [5.41, 5.74) is 0.492. The second kappa shape index (κ2) is 5.58. The van der Waals surface area contributed by atoms with Crippen molar-refractivity contribution in [3.8, 4) is 16.3 Å². The van der Waals surface area contributed by atoms with Crippen LogP contribution in [0.4, 0.5) is 5.13 Å². The van der Waals surface area contributed by atoms with Crippen molar-refractivity contribution in [1.29, 1.82) is 0 Å². The smallest absolute Gasteiger partial charge is 0.231 e. The summed E-state index contributed by atoms with van der Waals surface area (Å²) in [5, 5.41) is 12.1. The molecule has 6 heteroatoms. The van der Waals surface area contributed by atoms with Crippen LogP contribution in [-0.4, -0.2) is 23.2 Å². The summed E-state index contributed by atoms with van der Waals surface area (Å²) in [5.74, 6) is 0.717. The maximum absolute atomic E-state index is 11.9. The molecular formula is C14H17N3O2S. The van der Waals surface area contributed by atoms with Crippen LogP contribution < -0.4 is 10.1 Å². The number of nitrogens with one attached hydrogen (secondary N) is 1. The topological polar surface area (TPSA) is 64.1 Å². The van der Waals surface area contributed by atoms with Gasteiger partial charge < -0.3 is 10.1 Å². The van der Waals surface area contributed by atoms with Gasteiger partial charge in [0.15, 0.2) is 0 Å². The van der Waals surface area contributed by atoms with Crippen LogP contribution in [0, 0.1) is 5.41 Å². The van der Waals surface area contributed by atoms with Crippen molar-refractivity contribution < 1.29 is 9.53 Å². The number of anilines is 1. The molecule has 0 spiro atoms. The molecule has 1 aromatic heterocycles. The van der Waals surface area contributed by atoms with Crippen molar-refractivity contribution in [2.45, 2.75) is 20.8 Å². The van der Waals surface area contributed by atoms with Gasteiger partial charge >= 0.3 is 0 Å². The number of benzene rings is 1. The van der Waals surface area contributed by atoms with Gasteiger partial charge in [0.25, 0.3) is 0 Å². The van der Waals surface area contributed by atoms with Crippen LogP contribution in [0.25, 0.3) is 10.6 Å². The molecule has 20 heavy (non-hydrogen) atoms. The monoisotopic (exact) mass is 291 g/mol. The Morgan fingerprint density at radius 1 is 1.20 bits per heavy atom. The Morgan fingerprint density at radius 2 is 1.85 bits per heavy atom. The zero-order valence-electron chi connectivity index (χ0n) is 11.9. The maximum Gasteiger partial charge on any atom is 0.231 e. The predicted octanol–water partition coefficient (Wildman–Crippen LogP) is 3.20. The highest BCUT2D eigenvalue weighted by atomic mass is 32.1. The third-order valence-corrected chi connectivity index (χ3v) is 3.55. The van der Waals surface area contributed by atoms with E-state index < -0.39 is 5.41 Å². The number of carbonyl (C=O) groups excluding carboxylic acids is 1. The largest absolute Gasteiger partial charge is 0.497 e. The van der Waals surface area contributed by atoms with Gasteiger partial charge in [-0.1, -0.05) is 32.1 Å². The lowest BCUT2D eigenvalue weighted by atomic mass is 9.96. The molecule has 0 saturated carbocycles. The average molecular weight is 291 g/mol. The zero-order chi connectivity index (χ0) is 14.8. The lowest BCUT2D eigenvalue weighted by Gasteiger charge is -2.15. The first-order chi connectivity index (χ1) is 9.40. The first kappa shape index (κ1) is 14.5. The van der Waals surface area contributed by atoms with Gasteiger partial charge in [0.2, 0.25) is 11.0 Å². The third-order valence-electron chi connectivity index (χ3n) is 2.66. The van der Waals surface area contributed by atoms with E-state index in [9.17, 15) is 4.79 Å². The number of aromatic nitrogens is 2. The number of amides is 1. The molecule has 1 aromatic carbocycles. The van der Waals surface area contributed by atoms with E-state index in [1.54, 1.807) is 7.11 Å². The molecule has 0 fully saturated rings. The Labute approximate surface area is 122 Å². The number of carbonyl (C=O) groups is 1. The fourth-order valence-corrected chi connectivity index (χ4v) is 2.15. The van der Waals surface area contributed by atoms with Crippen LogP contribution in [-0.2, 0) is 4.79 Å². The third kappa shape index (κ3) is 3.33. The molecule has 0 radical (unpaired) electrons. The predicted molar refractivity (Wildman–Crippen MR) is 80.0 cm³/mol. The van der Waals surface area contributed by atoms with E-state index in [1.165, 1.54) is 11.3 Å². The molecule has 0 aliphatic rings. The van der Waals surface area contributed by atoms with E-state index in [2.05, 4.69) is 15.5 Å². The minimum Gasteiger partial charge on any atom is -0.497 e. The molecule has 0 bridgehead atoms. The van der Waals surface area contributed by atoms with Crippen LogP contribution in [0.15, 0.2) is 24.3 Å². The van der Waals surface area contributed by atoms with E-state index in [0.29, 0.717) is 5.13 Å². The molecule has 1 heterocycles. The summed E-state index contributed by atoms with van der Waals surface area (Å²) in [7, 11) is 1.63. The Balaban J connectivity index is 2.14. The van der Waals surface area contributed by atoms with Crippen LogP contribution >= 0.6 is 11.3 Å². The Bertz CT molecular complexity index is 600. The molecule has 5 nitrogen and oxygen atoms in total. The first-order valence-electron chi connectivity index (χ1n) is 6.19. The summed E-state index contributed by atoms with van der Waals surface area (Å²) in [6.45, 7) is 5.56. The van der Waals surface area contributed by atoms with Crippen LogP contribution in [0.5, 0.6) is 5.75 Å². The van der Waals surface area contributed by atoms with E-state index in [0.717, 1.165) is 16.3 Å². The van der Waals surface area contributed by atoms with Crippen molar-refractivity contribution in [3.05, 3.63) is 24.3 Å². The lowest BCUT2D eigenvalue weighted by Crippen LogP contribution is -2.27. The van der Waals surface area contributed by atoms with Crippen molar-refractivity contribution in [2.24, 2.45) is 5.41 Å². The standard InChI is InChI=1S/C14H17N3O2S/c1-14(2,3)12(18)15-13-17-16-11(20-13)9-5-7-10(19-4)8-6-9/h5-8H,1-4H3,(H,15,17,18). The Hall–Kier alpha value is -1.95. The second-order valence-corrected chi connectivity index (χ2v) is 6.32. The summed E-state index contributed by atoms with van der Waals surface area (Å²) < 4.78 is 5.11. The zero-order valence-corrected chi connectivity index (χ0v) is 12.7. The molecule has 0 unspecified atom stereocenters. The molecule has 0 saturated heterocycles. The van der Waals surface area contributed by atoms with Crippen LogP contribution in [0.2, 0.25) is 0 Å². The summed E-state index contributed by atoms with van der Waals surface area (Å²) in [6, 6.07) is 7.55. The molecule has 0 aliphatic carbocycles. The number of methoxy groups -OCH3 is 1. The SMILES string of the molecule is COc1ccc(-c2nnc(NC(=O)C(C)(C)C)s2)cc1. The highest BCUT2D eigenvalue weighted by Crippen LogP contribution is 2.28. The summed E-state index contributed by atoms with van der Waals surface area (Å²) in [6.07, 6.45) is 0. The van der Waals surface area contributed by atoms with Crippen LogP contribution in [0.1, 0.15) is 20.8 Å². The van der Waals surface area contributed by atoms with Gasteiger partial charge in [-0.15, -0.1) is 10.2 Å². The van der Waals surface area contributed by atoms with Gasteiger partial charge in [0, 0.05) is 11.0 Å². The Kier molecular flexibility index (Phi) is 4.04. The normalized spacial score (nSPS) is 11.2. The van der Waals surface area contributed by atoms with Gasteiger partial charge in [0.1, 0.15) is 10.8 Å². The average Bonchev–Trinajstić information content (AvgIpc) is 2.86. The van der Waals surface area contributed by atoms with Gasteiger partial charge in [-0.3, -0.25) is 4.79 Å². The minimum atomic E-state index is -0.452. The molecular weight excluding hydrogens is 274 g/mol. The number of ether oxygens (including phenoxy) is 1. The maximum atomic E-state index is 11.9. The van der Waals surface area contributed by atoms with Gasteiger partial charge in [-0.2, -0.15) is 0 Å². The lowest BCUT2D eigenvalue weighted by molar-refractivity contribution is -0.123. The van der Waals surface area contributed by atoms with Crippen LogP contribution in [0.3, 0.4) is 0 Å². The second-order valence-electron chi connectivity index (χ2n) is 5.34. The molecule has 2 rings (SSSR count).